The quantitative estimate of drug-likeness (QED) is 0.658. The number of hydrogen-bond acceptors (Lipinski definition) is 2. The lowest BCUT2D eigenvalue weighted by molar-refractivity contribution is 1.17. The highest BCUT2D eigenvalue weighted by atomic mass is 14.7. The van der Waals surface area contributed by atoms with Crippen molar-refractivity contribution >= 4 is 6.08 Å². The second-order valence-electron chi connectivity index (χ2n) is 2.59. The van der Waals surface area contributed by atoms with E-state index in [1.54, 1.807) is 0 Å². The second kappa shape index (κ2) is 3.19. The molecule has 0 aliphatic heterocycles. The second-order valence-corrected chi connectivity index (χ2v) is 2.59. The molecule has 0 radical (unpaired) electrons. The third-order valence-electron chi connectivity index (χ3n) is 1.29. The van der Waals surface area contributed by atoms with E-state index in [1.807, 2.05) is 38.1 Å². The summed E-state index contributed by atoms with van der Waals surface area (Å²) in [5.74, 6) is 0. The molecule has 1 heterocycles. The molecule has 0 aliphatic rings. The zero-order valence-electron chi connectivity index (χ0n) is 6.83. The summed E-state index contributed by atoms with van der Waals surface area (Å²) in [6.45, 7) is 3.81. The average molecular weight is 148 g/mol. The minimum Gasteiger partial charge on any atom is -0.402 e. The Kier molecular flexibility index (Phi) is 2.26. The molecular weight excluding hydrogens is 136 g/mol. The molecule has 0 bridgehead atoms. The lowest BCUT2D eigenvalue weighted by Gasteiger charge is -1.95. The van der Waals surface area contributed by atoms with Crippen molar-refractivity contribution in [3.8, 4) is 0 Å². The van der Waals surface area contributed by atoms with Crippen LogP contribution in [0.25, 0.3) is 6.08 Å². The molecule has 1 aromatic rings. The van der Waals surface area contributed by atoms with Crippen molar-refractivity contribution in [1.29, 1.82) is 0 Å². The van der Waals surface area contributed by atoms with Crippen LogP contribution in [0.3, 0.4) is 0 Å². The smallest absolute Gasteiger partial charge is 0.0649 e. The van der Waals surface area contributed by atoms with Crippen molar-refractivity contribution < 1.29 is 0 Å². The molecule has 0 atom stereocenters. The minimum absolute atomic E-state index is 0.781. The largest absolute Gasteiger partial charge is 0.402 e. The maximum absolute atomic E-state index is 5.50. The number of rotatable bonds is 1. The van der Waals surface area contributed by atoms with Crippen molar-refractivity contribution in [2.24, 2.45) is 5.73 Å². The SMILES string of the molecule is C/C(N)=C/c1cccc(C)n1. The molecule has 0 fully saturated rings. The van der Waals surface area contributed by atoms with Crippen molar-refractivity contribution in [2.45, 2.75) is 13.8 Å². The highest BCUT2D eigenvalue weighted by Crippen LogP contribution is 2.01. The summed E-state index contributed by atoms with van der Waals surface area (Å²) in [7, 11) is 0. The van der Waals surface area contributed by atoms with Gasteiger partial charge < -0.3 is 5.73 Å². The van der Waals surface area contributed by atoms with Crippen LogP contribution in [0.2, 0.25) is 0 Å². The van der Waals surface area contributed by atoms with Gasteiger partial charge in [-0.15, -0.1) is 0 Å². The summed E-state index contributed by atoms with van der Waals surface area (Å²) >= 11 is 0. The summed E-state index contributed by atoms with van der Waals surface area (Å²) in [6.07, 6.45) is 1.85. The molecule has 1 aromatic heterocycles. The Labute approximate surface area is 66.8 Å². The Morgan fingerprint density at radius 2 is 2.27 bits per heavy atom. The molecule has 2 heteroatoms. The van der Waals surface area contributed by atoms with E-state index in [0.29, 0.717) is 0 Å². The number of nitrogens with two attached hydrogens (primary N) is 1. The van der Waals surface area contributed by atoms with Gasteiger partial charge in [0.2, 0.25) is 0 Å². The summed E-state index contributed by atoms with van der Waals surface area (Å²) in [5, 5.41) is 0. The van der Waals surface area contributed by atoms with E-state index in [1.165, 1.54) is 0 Å². The normalized spacial score (nSPS) is 11.6. The van der Waals surface area contributed by atoms with Gasteiger partial charge in [-0.25, -0.2) is 0 Å². The number of hydrogen-bond donors (Lipinski definition) is 1. The van der Waals surface area contributed by atoms with Crippen LogP contribution in [-0.2, 0) is 0 Å². The van der Waals surface area contributed by atoms with Gasteiger partial charge in [0.05, 0.1) is 5.69 Å². The Morgan fingerprint density at radius 1 is 1.55 bits per heavy atom. The number of aryl methyl sites for hydroxylation is 1. The van der Waals surface area contributed by atoms with Crippen molar-refractivity contribution in [3.63, 3.8) is 0 Å². The van der Waals surface area contributed by atoms with Gasteiger partial charge in [-0.3, -0.25) is 4.98 Å². The third-order valence-corrected chi connectivity index (χ3v) is 1.29. The third kappa shape index (κ3) is 2.42. The molecule has 58 valence electrons. The first kappa shape index (κ1) is 7.79. The highest BCUT2D eigenvalue weighted by Gasteiger charge is 1.88. The standard InChI is InChI=1S/C9H12N2/c1-7(10)6-9-5-3-4-8(2)11-9/h3-6H,10H2,1-2H3/b7-6-. The van der Waals surface area contributed by atoms with Gasteiger partial charge in [0.25, 0.3) is 0 Å². The first-order valence-electron chi connectivity index (χ1n) is 3.56. The van der Waals surface area contributed by atoms with Crippen LogP contribution in [0, 0.1) is 6.92 Å². The van der Waals surface area contributed by atoms with Crippen LogP contribution in [0.15, 0.2) is 23.9 Å². The molecule has 0 aromatic carbocycles. The van der Waals surface area contributed by atoms with Gasteiger partial charge in [-0.05, 0) is 32.1 Å². The summed E-state index contributed by atoms with van der Waals surface area (Å²) in [4.78, 5) is 4.26. The zero-order valence-corrected chi connectivity index (χ0v) is 6.83. The average Bonchev–Trinajstić information content (AvgIpc) is 1.85. The number of pyridine rings is 1. The summed E-state index contributed by atoms with van der Waals surface area (Å²) < 4.78 is 0. The number of allylic oxidation sites excluding steroid dienone is 1. The van der Waals surface area contributed by atoms with E-state index >= 15 is 0 Å². The molecule has 11 heavy (non-hydrogen) atoms. The first-order chi connectivity index (χ1) is 5.18. The van der Waals surface area contributed by atoms with E-state index in [9.17, 15) is 0 Å². The molecule has 0 unspecified atom stereocenters. The Hall–Kier alpha value is -1.31. The topological polar surface area (TPSA) is 38.9 Å². The van der Waals surface area contributed by atoms with Crippen LogP contribution >= 0.6 is 0 Å². The van der Waals surface area contributed by atoms with E-state index in [0.717, 1.165) is 17.1 Å². The monoisotopic (exact) mass is 148 g/mol. The fourth-order valence-electron chi connectivity index (χ4n) is 0.878. The van der Waals surface area contributed by atoms with Crippen molar-refractivity contribution in [2.75, 3.05) is 0 Å². The zero-order chi connectivity index (χ0) is 8.27. The van der Waals surface area contributed by atoms with Gasteiger partial charge in [0, 0.05) is 11.4 Å². The van der Waals surface area contributed by atoms with Gasteiger partial charge in [-0.1, -0.05) is 6.07 Å². The summed E-state index contributed by atoms with van der Waals surface area (Å²) in [6, 6.07) is 5.86. The fourth-order valence-corrected chi connectivity index (χ4v) is 0.878. The van der Waals surface area contributed by atoms with E-state index in [4.69, 9.17) is 5.73 Å². The van der Waals surface area contributed by atoms with Gasteiger partial charge in [0.15, 0.2) is 0 Å². The van der Waals surface area contributed by atoms with E-state index in [2.05, 4.69) is 4.98 Å². The Balaban J connectivity index is 2.97. The van der Waals surface area contributed by atoms with Crippen LogP contribution in [-0.4, -0.2) is 4.98 Å². The summed E-state index contributed by atoms with van der Waals surface area (Å²) in [5.41, 5.74) is 8.21. The fraction of sp³-hybridized carbons (Fsp3) is 0.222. The molecule has 0 saturated heterocycles. The van der Waals surface area contributed by atoms with Crippen LogP contribution in [0.5, 0.6) is 0 Å². The molecule has 2 N–H and O–H groups in total. The van der Waals surface area contributed by atoms with Crippen molar-refractivity contribution in [1.82, 2.24) is 4.98 Å². The van der Waals surface area contributed by atoms with Gasteiger partial charge in [-0.2, -0.15) is 0 Å². The van der Waals surface area contributed by atoms with Gasteiger partial charge >= 0.3 is 0 Å². The lowest BCUT2D eigenvalue weighted by Crippen LogP contribution is -1.91. The molecule has 2 nitrogen and oxygen atoms in total. The lowest BCUT2D eigenvalue weighted by atomic mass is 10.3. The number of aromatic nitrogens is 1. The van der Waals surface area contributed by atoms with E-state index < -0.39 is 0 Å². The number of nitrogens with zero attached hydrogens (tertiary/aromatic N) is 1. The molecule has 0 spiro atoms. The highest BCUT2D eigenvalue weighted by molar-refractivity contribution is 5.47. The maximum atomic E-state index is 5.50. The molecule has 0 saturated carbocycles. The maximum Gasteiger partial charge on any atom is 0.0649 e. The minimum atomic E-state index is 0.781. The molecule has 0 amide bonds. The molecular formula is C9H12N2. The Bertz CT molecular complexity index is 273. The Morgan fingerprint density at radius 3 is 2.82 bits per heavy atom. The predicted octanol–water partition coefficient (Wildman–Crippen LogP) is 1.71. The van der Waals surface area contributed by atoms with Crippen molar-refractivity contribution in [3.05, 3.63) is 35.3 Å². The van der Waals surface area contributed by atoms with Crippen LogP contribution in [0.4, 0.5) is 0 Å². The van der Waals surface area contributed by atoms with E-state index in [-0.39, 0.29) is 0 Å². The molecule has 0 aliphatic carbocycles. The predicted molar refractivity (Wildman–Crippen MR) is 46.8 cm³/mol. The molecule has 1 rings (SSSR count). The van der Waals surface area contributed by atoms with Crippen LogP contribution < -0.4 is 5.73 Å². The van der Waals surface area contributed by atoms with Gasteiger partial charge in [0.1, 0.15) is 0 Å². The first-order valence-corrected chi connectivity index (χ1v) is 3.56. The van der Waals surface area contributed by atoms with Crippen LogP contribution in [0.1, 0.15) is 18.3 Å².